The Hall–Kier alpha value is -1.76. The van der Waals surface area contributed by atoms with Gasteiger partial charge in [0.2, 0.25) is 0 Å². The Morgan fingerprint density at radius 2 is 1.72 bits per heavy atom. The minimum atomic E-state index is 0.643. The van der Waals surface area contributed by atoms with Crippen LogP contribution in [-0.4, -0.2) is 0 Å². The number of rotatable bonds is 4. The van der Waals surface area contributed by atoms with Gasteiger partial charge in [0, 0.05) is 0 Å². The van der Waals surface area contributed by atoms with Crippen molar-refractivity contribution >= 4 is 0 Å². The van der Waals surface area contributed by atoms with Crippen molar-refractivity contribution in [3.63, 3.8) is 0 Å². The van der Waals surface area contributed by atoms with E-state index in [0.29, 0.717) is 6.61 Å². The van der Waals surface area contributed by atoms with E-state index in [1.165, 1.54) is 22.3 Å². The molecule has 0 N–H and O–H groups in total. The minimum absolute atomic E-state index is 0.643. The highest BCUT2D eigenvalue weighted by Crippen LogP contribution is 2.20. The molecular weight excluding hydrogens is 220 g/mol. The molecule has 0 spiro atoms. The highest BCUT2D eigenvalue weighted by molar-refractivity contribution is 5.34. The molecule has 1 nitrogen and oxygen atoms in total. The predicted octanol–water partition coefficient (Wildman–Crippen LogP) is 4.44. The van der Waals surface area contributed by atoms with Crippen molar-refractivity contribution in [2.75, 3.05) is 0 Å². The third kappa shape index (κ3) is 2.92. The molecule has 2 rings (SSSR count). The first kappa shape index (κ1) is 12.7. The lowest BCUT2D eigenvalue weighted by molar-refractivity contribution is 0.302. The number of aryl methyl sites for hydroxylation is 3. The van der Waals surface area contributed by atoms with Crippen molar-refractivity contribution in [1.29, 1.82) is 0 Å². The zero-order chi connectivity index (χ0) is 13.0. The fourth-order valence-corrected chi connectivity index (χ4v) is 2.05. The summed E-state index contributed by atoms with van der Waals surface area (Å²) in [5.74, 6) is 1.00. The average Bonchev–Trinajstić information content (AvgIpc) is 2.40. The summed E-state index contributed by atoms with van der Waals surface area (Å²) < 4.78 is 5.95. The van der Waals surface area contributed by atoms with Crippen molar-refractivity contribution in [2.24, 2.45) is 0 Å². The molecule has 0 radical (unpaired) electrons. The highest BCUT2D eigenvalue weighted by Gasteiger charge is 2.03. The summed E-state index contributed by atoms with van der Waals surface area (Å²) in [6.45, 7) is 7.04. The molecule has 0 aliphatic carbocycles. The van der Waals surface area contributed by atoms with E-state index in [0.717, 1.165) is 12.2 Å². The number of benzene rings is 2. The van der Waals surface area contributed by atoms with E-state index in [1.807, 2.05) is 12.1 Å². The zero-order valence-corrected chi connectivity index (χ0v) is 11.4. The Kier molecular flexibility index (Phi) is 4.03. The number of hydrogen-bond acceptors (Lipinski definition) is 1. The van der Waals surface area contributed by atoms with Gasteiger partial charge in [-0.25, -0.2) is 0 Å². The number of hydrogen-bond donors (Lipinski definition) is 0. The quantitative estimate of drug-likeness (QED) is 0.767. The van der Waals surface area contributed by atoms with Gasteiger partial charge in [-0.3, -0.25) is 0 Å². The molecule has 0 amide bonds. The molecule has 0 bridgehead atoms. The molecular formula is C17H20O. The molecule has 0 aromatic heterocycles. The zero-order valence-electron chi connectivity index (χ0n) is 11.4. The molecule has 0 saturated heterocycles. The normalized spacial score (nSPS) is 10.4. The van der Waals surface area contributed by atoms with E-state index in [4.69, 9.17) is 4.74 Å². The molecule has 0 aliphatic heterocycles. The summed E-state index contributed by atoms with van der Waals surface area (Å²) in [5.41, 5.74) is 5.10. The first-order valence-corrected chi connectivity index (χ1v) is 6.47. The molecule has 0 saturated carbocycles. The molecule has 0 atom stereocenters. The molecule has 2 aromatic carbocycles. The monoisotopic (exact) mass is 240 g/mol. The second kappa shape index (κ2) is 5.72. The van der Waals surface area contributed by atoms with Gasteiger partial charge in [0.05, 0.1) is 0 Å². The topological polar surface area (TPSA) is 9.23 Å². The van der Waals surface area contributed by atoms with E-state index in [2.05, 4.69) is 51.1 Å². The van der Waals surface area contributed by atoms with Gasteiger partial charge >= 0.3 is 0 Å². The van der Waals surface area contributed by atoms with Gasteiger partial charge in [-0.2, -0.15) is 0 Å². The second-order valence-electron chi connectivity index (χ2n) is 4.68. The predicted molar refractivity (Wildman–Crippen MR) is 76.1 cm³/mol. The van der Waals surface area contributed by atoms with Crippen LogP contribution >= 0.6 is 0 Å². The molecule has 0 heterocycles. The van der Waals surface area contributed by atoms with Crippen LogP contribution in [0.2, 0.25) is 0 Å². The van der Waals surface area contributed by atoms with Gasteiger partial charge in [-0.15, -0.1) is 0 Å². The van der Waals surface area contributed by atoms with Gasteiger partial charge in [-0.05, 0) is 43.0 Å². The molecule has 0 aliphatic rings. The average molecular weight is 240 g/mol. The Balaban J connectivity index is 2.14. The third-order valence-electron chi connectivity index (χ3n) is 3.24. The van der Waals surface area contributed by atoms with Gasteiger partial charge in [0.25, 0.3) is 0 Å². The molecule has 2 aromatic rings. The summed E-state index contributed by atoms with van der Waals surface area (Å²) >= 11 is 0. The van der Waals surface area contributed by atoms with E-state index >= 15 is 0 Å². The van der Waals surface area contributed by atoms with E-state index in [9.17, 15) is 0 Å². The second-order valence-corrected chi connectivity index (χ2v) is 4.68. The fourth-order valence-electron chi connectivity index (χ4n) is 2.05. The fraction of sp³-hybridized carbons (Fsp3) is 0.294. The van der Waals surface area contributed by atoms with Crippen LogP contribution in [0, 0.1) is 13.8 Å². The SMILES string of the molecule is CCc1ccccc1OCc1cc(C)ccc1C. The minimum Gasteiger partial charge on any atom is -0.489 e. The van der Waals surface area contributed by atoms with Gasteiger partial charge in [-0.1, -0.05) is 48.9 Å². The van der Waals surface area contributed by atoms with E-state index in [-0.39, 0.29) is 0 Å². The lowest BCUT2D eigenvalue weighted by Gasteiger charge is -2.12. The van der Waals surface area contributed by atoms with Crippen LogP contribution in [0.4, 0.5) is 0 Å². The lowest BCUT2D eigenvalue weighted by atomic mass is 10.1. The Labute approximate surface area is 109 Å². The maximum atomic E-state index is 5.95. The lowest BCUT2D eigenvalue weighted by Crippen LogP contribution is -2.00. The molecule has 1 heteroatoms. The maximum Gasteiger partial charge on any atom is 0.122 e. The van der Waals surface area contributed by atoms with Crippen LogP contribution in [0.15, 0.2) is 42.5 Å². The maximum absolute atomic E-state index is 5.95. The van der Waals surface area contributed by atoms with Gasteiger partial charge < -0.3 is 4.74 Å². The van der Waals surface area contributed by atoms with Crippen molar-refractivity contribution in [3.05, 3.63) is 64.7 Å². The largest absolute Gasteiger partial charge is 0.489 e. The molecule has 18 heavy (non-hydrogen) atoms. The Morgan fingerprint density at radius 1 is 0.944 bits per heavy atom. The van der Waals surface area contributed by atoms with Crippen LogP contribution in [0.3, 0.4) is 0 Å². The Bertz CT molecular complexity index is 529. The van der Waals surface area contributed by atoms with Gasteiger partial charge in [0.15, 0.2) is 0 Å². The molecule has 94 valence electrons. The van der Waals surface area contributed by atoms with Crippen molar-refractivity contribution in [2.45, 2.75) is 33.8 Å². The summed E-state index contributed by atoms with van der Waals surface area (Å²) in [6.07, 6.45) is 1.00. The summed E-state index contributed by atoms with van der Waals surface area (Å²) in [5, 5.41) is 0. The number of para-hydroxylation sites is 1. The molecule has 0 unspecified atom stereocenters. The number of ether oxygens (including phenoxy) is 1. The standard InChI is InChI=1S/C17H20O/c1-4-15-7-5-6-8-17(15)18-12-16-11-13(2)9-10-14(16)3/h5-11H,4,12H2,1-3H3. The third-order valence-corrected chi connectivity index (χ3v) is 3.24. The van der Waals surface area contributed by atoms with Crippen LogP contribution in [0.5, 0.6) is 5.75 Å². The van der Waals surface area contributed by atoms with Crippen molar-refractivity contribution in [1.82, 2.24) is 0 Å². The van der Waals surface area contributed by atoms with Crippen molar-refractivity contribution < 1.29 is 4.74 Å². The van der Waals surface area contributed by atoms with E-state index < -0.39 is 0 Å². The summed E-state index contributed by atoms with van der Waals surface area (Å²) in [4.78, 5) is 0. The van der Waals surface area contributed by atoms with Crippen LogP contribution < -0.4 is 4.74 Å². The Morgan fingerprint density at radius 3 is 2.50 bits per heavy atom. The van der Waals surface area contributed by atoms with Crippen LogP contribution in [0.1, 0.15) is 29.2 Å². The summed E-state index contributed by atoms with van der Waals surface area (Å²) in [7, 11) is 0. The smallest absolute Gasteiger partial charge is 0.122 e. The summed E-state index contributed by atoms with van der Waals surface area (Å²) in [6, 6.07) is 14.7. The van der Waals surface area contributed by atoms with Gasteiger partial charge in [0.1, 0.15) is 12.4 Å². The van der Waals surface area contributed by atoms with E-state index in [1.54, 1.807) is 0 Å². The van der Waals surface area contributed by atoms with Crippen LogP contribution in [-0.2, 0) is 13.0 Å². The highest BCUT2D eigenvalue weighted by atomic mass is 16.5. The first-order chi connectivity index (χ1) is 8.70. The first-order valence-electron chi connectivity index (χ1n) is 6.47. The van der Waals surface area contributed by atoms with Crippen LogP contribution in [0.25, 0.3) is 0 Å². The molecule has 0 fully saturated rings. The van der Waals surface area contributed by atoms with Crippen molar-refractivity contribution in [3.8, 4) is 5.75 Å².